The zero-order valence-corrected chi connectivity index (χ0v) is 15.4. The fourth-order valence-electron chi connectivity index (χ4n) is 4.03. The van der Waals surface area contributed by atoms with Crippen LogP contribution in [0.2, 0.25) is 5.02 Å². The van der Waals surface area contributed by atoms with Gasteiger partial charge in [-0.2, -0.15) is 0 Å². The van der Waals surface area contributed by atoms with Gasteiger partial charge in [0.05, 0.1) is 10.7 Å². The van der Waals surface area contributed by atoms with Gasteiger partial charge >= 0.3 is 0 Å². The fraction of sp³-hybridized carbons (Fsp3) is 0.286. The summed E-state index contributed by atoms with van der Waals surface area (Å²) in [6, 6.07) is 12.8. The van der Waals surface area contributed by atoms with Gasteiger partial charge in [-0.05, 0) is 54.7 Å². The molecule has 26 heavy (non-hydrogen) atoms. The van der Waals surface area contributed by atoms with E-state index in [0.717, 1.165) is 41.4 Å². The van der Waals surface area contributed by atoms with E-state index >= 15 is 0 Å². The molecule has 1 heterocycles. The minimum Gasteiger partial charge on any atom is -0.356 e. The van der Waals surface area contributed by atoms with Gasteiger partial charge in [0, 0.05) is 22.0 Å². The lowest BCUT2D eigenvalue weighted by atomic mass is 9.79. The summed E-state index contributed by atoms with van der Waals surface area (Å²) in [6.45, 7) is 2.16. The van der Waals surface area contributed by atoms with Crippen molar-refractivity contribution in [3.63, 3.8) is 0 Å². The number of fused-ring (bicyclic) bond motifs is 3. The van der Waals surface area contributed by atoms with Crippen molar-refractivity contribution in [2.24, 2.45) is 17.4 Å². The third-order valence-electron chi connectivity index (χ3n) is 5.45. The van der Waals surface area contributed by atoms with Crippen LogP contribution in [-0.2, 0) is 12.1 Å². The summed E-state index contributed by atoms with van der Waals surface area (Å²) in [5.74, 6) is 0.362. The molecule has 134 valence electrons. The average Bonchev–Trinajstić information content (AvgIpc) is 3.00. The molecule has 1 aliphatic carbocycles. The SMILES string of the molecule is CCC1Cc2c([nH]c3ccc(C(=O)c4ccccc4Cl)cc23)C(N)(N)C1. The fourth-order valence-corrected chi connectivity index (χ4v) is 4.25. The highest BCUT2D eigenvalue weighted by molar-refractivity contribution is 6.35. The summed E-state index contributed by atoms with van der Waals surface area (Å²) in [6.07, 6.45) is 2.71. The monoisotopic (exact) mass is 367 g/mol. The maximum Gasteiger partial charge on any atom is 0.194 e. The highest BCUT2D eigenvalue weighted by Crippen LogP contribution is 2.38. The van der Waals surface area contributed by atoms with Crippen molar-refractivity contribution in [3.05, 3.63) is 69.9 Å². The normalized spacial score (nSPS) is 18.7. The number of halogens is 1. The molecule has 5 heteroatoms. The zero-order chi connectivity index (χ0) is 18.5. The zero-order valence-electron chi connectivity index (χ0n) is 14.7. The molecule has 2 aromatic carbocycles. The number of carbonyl (C=O) groups is 1. The molecular formula is C21H22ClN3O. The first-order valence-corrected chi connectivity index (χ1v) is 9.30. The highest BCUT2D eigenvalue weighted by Gasteiger charge is 2.36. The predicted molar refractivity (Wildman–Crippen MR) is 105 cm³/mol. The molecule has 1 aliphatic rings. The Hall–Kier alpha value is -2.14. The van der Waals surface area contributed by atoms with Crippen LogP contribution in [0, 0.1) is 5.92 Å². The van der Waals surface area contributed by atoms with Crippen molar-refractivity contribution < 1.29 is 4.79 Å². The minimum absolute atomic E-state index is 0.0814. The summed E-state index contributed by atoms with van der Waals surface area (Å²) < 4.78 is 0. The van der Waals surface area contributed by atoms with Crippen molar-refractivity contribution in [3.8, 4) is 0 Å². The topological polar surface area (TPSA) is 84.9 Å². The number of hydrogen-bond acceptors (Lipinski definition) is 3. The summed E-state index contributed by atoms with van der Waals surface area (Å²) in [7, 11) is 0. The van der Waals surface area contributed by atoms with Crippen molar-refractivity contribution in [1.82, 2.24) is 4.98 Å². The number of aromatic amines is 1. The van der Waals surface area contributed by atoms with Crippen molar-refractivity contribution >= 4 is 28.3 Å². The largest absolute Gasteiger partial charge is 0.356 e. The standard InChI is InChI=1S/C21H22ClN3O/c1-2-12-9-16-15-10-13(19(26)14-5-3-4-6-17(14)22)7-8-18(15)25-20(16)21(23,24)11-12/h3-8,10,12,25H,2,9,11,23-24H2,1H3. The van der Waals surface area contributed by atoms with E-state index < -0.39 is 5.66 Å². The third kappa shape index (κ3) is 2.75. The summed E-state index contributed by atoms with van der Waals surface area (Å²) >= 11 is 6.20. The van der Waals surface area contributed by atoms with Gasteiger partial charge < -0.3 is 16.5 Å². The first-order valence-electron chi connectivity index (χ1n) is 8.92. The second-order valence-corrected chi connectivity index (χ2v) is 7.68. The van der Waals surface area contributed by atoms with Crippen molar-refractivity contribution in [2.75, 3.05) is 0 Å². The summed E-state index contributed by atoms with van der Waals surface area (Å²) in [5, 5.41) is 1.49. The number of aromatic nitrogens is 1. The Labute approximate surface area is 157 Å². The molecule has 0 radical (unpaired) electrons. The smallest absolute Gasteiger partial charge is 0.194 e. The van der Waals surface area contributed by atoms with Gasteiger partial charge in [0.25, 0.3) is 0 Å². The first kappa shape index (κ1) is 17.3. The molecule has 0 saturated carbocycles. The number of ketones is 1. The lowest BCUT2D eigenvalue weighted by Gasteiger charge is -2.34. The number of benzene rings is 2. The van der Waals surface area contributed by atoms with Gasteiger partial charge in [-0.3, -0.25) is 4.79 Å². The van der Waals surface area contributed by atoms with E-state index in [1.54, 1.807) is 12.1 Å². The lowest BCUT2D eigenvalue weighted by molar-refractivity contribution is 0.103. The quantitative estimate of drug-likeness (QED) is 0.481. The second kappa shape index (κ2) is 6.23. The number of carbonyl (C=O) groups excluding carboxylic acids is 1. The Balaban J connectivity index is 1.84. The van der Waals surface area contributed by atoms with Crippen LogP contribution in [0.5, 0.6) is 0 Å². The molecule has 0 amide bonds. The van der Waals surface area contributed by atoms with Crippen LogP contribution in [-0.4, -0.2) is 10.8 Å². The molecular weight excluding hydrogens is 346 g/mol. The van der Waals surface area contributed by atoms with E-state index in [0.29, 0.717) is 22.1 Å². The van der Waals surface area contributed by atoms with E-state index in [1.807, 2.05) is 30.3 Å². The van der Waals surface area contributed by atoms with Gasteiger partial charge in [-0.1, -0.05) is 37.1 Å². The molecule has 3 aromatic rings. The maximum absolute atomic E-state index is 12.9. The molecule has 0 saturated heterocycles. The van der Waals surface area contributed by atoms with Crippen LogP contribution in [0.3, 0.4) is 0 Å². The van der Waals surface area contributed by atoms with Crippen molar-refractivity contribution in [1.29, 1.82) is 0 Å². The summed E-state index contributed by atoms with van der Waals surface area (Å²) in [4.78, 5) is 16.3. The van der Waals surface area contributed by atoms with Gasteiger partial charge in [0.2, 0.25) is 0 Å². The number of nitrogens with one attached hydrogen (secondary N) is 1. The second-order valence-electron chi connectivity index (χ2n) is 7.27. The van der Waals surface area contributed by atoms with Crippen LogP contribution in [0.25, 0.3) is 10.9 Å². The Morgan fingerprint density at radius 3 is 2.77 bits per heavy atom. The van der Waals surface area contributed by atoms with Gasteiger partial charge in [0.1, 0.15) is 5.66 Å². The van der Waals surface area contributed by atoms with Crippen LogP contribution >= 0.6 is 11.6 Å². The van der Waals surface area contributed by atoms with Crippen LogP contribution in [0.1, 0.15) is 46.9 Å². The van der Waals surface area contributed by atoms with Crippen LogP contribution in [0.4, 0.5) is 0 Å². The van der Waals surface area contributed by atoms with E-state index in [2.05, 4.69) is 11.9 Å². The Kier molecular flexibility index (Phi) is 4.14. The molecule has 1 atom stereocenters. The molecule has 0 spiro atoms. The molecule has 0 fully saturated rings. The van der Waals surface area contributed by atoms with Crippen molar-refractivity contribution in [2.45, 2.75) is 31.8 Å². The number of nitrogens with two attached hydrogens (primary N) is 2. The molecule has 4 rings (SSSR count). The van der Waals surface area contributed by atoms with E-state index in [4.69, 9.17) is 23.1 Å². The molecule has 0 bridgehead atoms. The Morgan fingerprint density at radius 2 is 2.04 bits per heavy atom. The van der Waals surface area contributed by atoms with Gasteiger partial charge in [-0.25, -0.2) is 0 Å². The van der Waals surface area contributed by atoms with E-state index in [9.17, 15) is 4.79 Å². The lowest BCUT2D eigenvalue weighted by Crippen LogP contribution is -2.50. The third-order valence-corrected chi connectivity index (χ3v) is 5.78. The molecule has 0 aliphatic heterocycles. The predicted octanol–water partition coefficient (Wildman–Crippen LogP) is 4.09. The number of hydrogen-bond donors (Lipinski definition) is 3. The average molecular weight is 368 g/mol. The van der Waals surface area contributed by atoms with Gasteiger partial charge in [-0.15, -0.1) is 0 Å². The van der Waals surface area contributed by atoms with E-state index in [-0.39, 0.29) is 5.78 Å². The molecule has 1 unspecified atom stereocenters. The maximum atomic E-state index is 12.9. The molecule has 4 nitrogen and oxygen atoms in total. The van der Waals surface area contributed by atoms with Gasteiger partial charge in [0.15, 0.2) is 5.78 Å². The molecule has 5 N–H and O–H groups in total. The van der Waals surface area contributed by atoms with Crippen LogP contribution < -0.4 is 11.5 Å². The Morgan fingerprint density at radius 1 is 1.27 bits per heavy atom. The summed E-state index contributed by atoms with van der Waals surface area (Å²) in [5.41, 5.74) is 16.0. The van der Waals surface area contributed by atoms with Crippen LogP contribution in [0.15, 0.2) is 42.5 Å². The Bertz CT molecular complexity index is 1010. The highest BCUT2D eigenvalue weighted by atomic mass is 35.5. The minimum atomic E-state index is -0.861. The number of rotatable bonds is 3. The van der Waals surface area contributed by atoms with E-state index in [1.165, 1.54) is 0 Å². The number of H-pyrrole nitrogens is 1. The first-order chi connectivity index (χ1) is 12.4. The molecule has 1 aromatic heterocycles.